The van der Waals surface area contributed by atoms with Gasteiger partial charge in [0, 0.05) is 42.9 Å². The fraction of sp³-hybridized carbons (Fsp3) is 0.478. The molecule has 0 spiro atoms. The van der Waals surface area contributed by atoms with Gasteiger partial charge < -0.3 is 74.3 Å². The molecule has 2 heterocycles. The van der Waals surface area contributed by atoms with E-state index >= 15 is 0 Å². The quantitative estimate of drug-likeness (QED) is 0.0371. The highest BCUT2D eigenvalue weighted by molar-refractivity contribution is 5.99. The maximum atomic E-state index is 14.2. The Morgan fingerprint density at radius 1 is 0.729 bits per heavy atom. The summed E-state index contributed by atoms with van der Waals surface area (Å²) in [5.41, 5.74) is 18.9. The number of carbonyl (C=O) groups excluding carboxylic acids is 9. The van der Waals surface area contributed by atoms with Gasteiger partial charge in [0.05, 0.1) is 25.2 Å². The van der Waals surface area contributed by atoms with Crippen LogP contribution >= 0.6 is 0 Å². The molecular weight excluding hydrogens is 915 g/mol. The summed E-state index contributed by atoms with van der Waals surface area (Å²) in [6.45, 7) is 3.41. The Balaban J connectivity index is 1.49. The first-order valence-corrected chi connectivity index (χ1v) is 22.7. The Bertz CT molecular complexity index is 2380. The first-order valence-electron chi connectivity index (χ1n) is 22.7. The maximum Gasteiger partial charge on any atom is 0.303 e. The van der Waals surface area contributed by atoms with E-state index in [-0.39, 0.29) is 38.6 Å². The van der Waals surface area contributed by atoms with Gasteiger partial charge in [-0.15, -0.1) is 0 Å². The maximum absolute atomic E-state index is 14.2. The number of benzene rings is 2. The molecule has 4 rings (SSSR count). The van der Waals surface area contributed by atoms with Gasteiger partial charge in [0.25, 0.3) is 0 Å². The summed E-state index contributed by atoms with van der Waals surface area (Å²) in [4.78, 5) is 135. The number of nitrogens with one attached hydrogen (secondary N) is 7. The second-order valence-electron chi connectivity index (χ2n) is 17.4. The van der Waals surface area contributed by atoms with Crippen LogP contribution in [0.5, 0.6) is 0 Å². The summed E-state index contributed by atoms with van der Waals surface area (Å²) in [5, 5.41) is 45.5. The minimum absolute atomic E-state index is 0.00951. The highest BCUT2D eigenvalue weighted by Gasteiger charge is 2.42. The number of hydrogen-bond donors (Lipinski definition) is 13. The van der Waals surface area contributed by atoms with E-state index in [0.717, 1.165) is 15.8 Å². The van der Waals surface area contributed by atoms with Gasteiger partial charge in [0.1, 0.15) is 42.3 Å². The van der Waals surface area contributed by atoms with E-state index in [1.165, 1.54) is 6.92 Å². The number of H-pyrrole nitrogens is 1. The number of fused-ring (bicyclic) bond motifs is 1. The van der Waals surface area contributed by atoms with E-state index in [0.29, 0.717) is 11.1 Å². The Morgan fingerprint density at radius 2 is 1.33 bits per heavy atom. The Hall–Kier alpha value is -7.44. The second-order valence-corrected chi connectivity index (χ2v) is 17.4. The van der Waals surface area contributed by atoms with E-state index < -0.39 is 139 Å². The van der Waals surface area contributed by atoms with Crippen molar-refractivity contribution >= 4 is 70.0 Å². The van der Waals surface area contributed by atoms with Crippen molar-refractivity contribution in [1.82, 2.24) is 41.8 Å². The minimum Gasteiger partial charge on any atom is -0.481 e. The molecule has 24 heteroatoms. The third-order valence-corrected chi connectivity index (χ3v) is 11.7. The van der Waals surface area contributed by atoms with Gasteiger partial charge in [0.15, 0.2) is 0 Å². The number of carbonyl (C=O) groups is 10. The molecule has 3 aromatic rings. The number of likely N-dealkylation sites (tertiary alicyclic amines) is 1. The summed E-state index contributed by atoms with van der Waals surface area (Å²) in [6.07, 6.45) is -1.20. The van der Waals surface area contributed by atoms with Crippen molar-refractivity contribution in [3.05, 3.63) is 71.9 Å². The number of amides is 9. The molecule has 0 aliphatic carbocycles. The lowest BCUT2D eigenvalue weighted by Gasteiger charge is -2.32. The van der Waals surface area contributed by atoms with Gasteiger partial charge in [0.2, 0.25) is 53.2 Å². The third-order valence-electron chi connectivity index (χ3n) is 11.7. The molecule has 24 nitrogen and oxygen atoms in total. The highest BCUT2D eigenvalue weighted by Crippen LogP contribution is 2.21. The zero-order valence-corrected chi connectivity index (χ0v) is 39.0. The van der Waals surface area contributed by atoms with E-state index in [9.17, 15) is 58.2 Å². The summed E-state index contributed by atoms with van der Waals surface area (Å²) in [7, 11) is 0. The lowest BCUT2D eigenvalue weighted by Crippen LogP contribution is -2.62. The van der Waals surface area contributed by atoms with Gasteiger partial charge in [-0.25, -0.2) is 0 Å². The molecule has 0 saturated carbocycles. The molecule has 380 valence electrons. The number of aliphatic carboxylic acids is 1. The van der Waals surface area contributed by atoms with Crippen LogP contribution < -0.4 is 49.1 Å². The van der Waals surface area contributed by atoms with Crippen LogP contribution in [0.1, 0.15) is 64.0 Å². The van der Waals surface area contributed by atoms with Crippen molar-refractivity contribution in [2.45, 2.75) is 120 Å². The molecule has 16 N–H and O–H groups in total. The first kappa shape index (κ1) is 55.2. The Kier molecular flexibility index (Phi) is 20.3. The number of aromatic nitrogens is 1. The van der Waals surface area contributed by atoms with Crippen molar-refractivity contribution in [2.75, 3.05) is 13.2 Å². The topological polar surface area (TPSA) is 401 Å². The standard InChI is InChI=1S/C46H63N11O13/c1-23(2)37(55-40(64)28(47)15-16-36(61)62)45(69)53-32(20-35(48)60)41(65)52-31(18-25-10-5-4-6-11-25)42(66)56-38(24(3)59)46(70)57-17-9-14-34(57)44(68)54-33(22-58)43(67)51-30(39(49)63)19-26-21-50-29-13-8-7-12-27(26)29/h4-8,10-13,21,23-24,28,30-34,37-38,50,58-59H,9,14-20,22,47H2,1-3H3,(H2,48,60)(H2,49,63)(H,51,67)(H,52,65)(H,53,69)(H,54,68)(H,55,64)(H,56,66)(H,61,62)/t24-,28+,30+,31+,32+,33+,34+,37+,38+/m1/s1. The number of nitrogens with two attached hydrogens (primary N) is 3. The first-order chi connectivity index (χ1) is 33.1. The van der Waals surface area contributed by atoms with Crippen LogP contribution in [0.15, 0.2) is 60.8 Å². The molecule has 1 fully saturated rings. The number of carboxylic acids is 1. The Labute approximate surface area is 402 Å². The molecule has 9 amide bonds. The minimum atomic E-state index is -1.72. The van der Waals surface area contributed by atoms with Crippen molar-refractivity contribution in [1.29, 1.82) is 0 Å². The van der Waals surface area contributed by atoms with Gasteiger partial charge in [-0.3, -0.25) is 47.9 Å². The van der Waals surface area contributed by atoms with E-state index in [4.69, 9.17) is 22.3 Å². The molecular formula is C46H63N11O13. The molecule has 0 unspecified atom stereocenters. The monoisotopic (exact) mass is 977 g/mol. The second kappa shape index (κ2) is 25.8. The lowest BCUT2D eigenvalue weighted by atomic mass is 10.0. The van der Waals surface area contributed by atoms with E-state index in [2.05, 4.69) is 36.9 Å². The predicted molar refractivity (Wildman–Crippen MR) is 250 cm³/mol. The summed E-state index contributed by atoms with van der Waals surface area (Å²) >= 11 is 0. The SMILES string of the molecule is CC(C)[C@H](NC(=O)[C@@H](N)CCC(=O)O)C(=O)N[C@@H](CC(N)=O)C(=O)N[C@@H](Cc1ccccc1)C(=O)N[C@H](C(=O)N1CCC[C@H]1C(=O)N[C@@H](CO)C(=O)N[C@@H](Cc1c[nH]c2ccccc12)C(N)=O)[C@@H](C)O. The molecule has 1 aromatic heterocycles. The number of primary amides is 2. The molecule has 1 aliphatic heterocycles. The van der Waals surface area contributed by atoms with Gasteiger partial charge in [-0.2, -0.15) is 0 Å². The smallest absolute Gasteiger partial charge is 0.303 e. The summed E-state index contributed by atoms with van der Waals surface area (Å²) in [6, 6.07) is 3.89. The summed E-state index contributed by atoms with van der Waals surface area (Å²) in [5.74, 6) is -10.3. The van der Waals surface area contributed by atoms with E-state index in [1.54, 1.807) is 56.4 Å². The highest BCUT2D eigenvalue weighted by atomic mass is 16.4. The third kappa shape index (κ3) is 15.5. The molecule has 2 aromatic carbocycles. The van der Waals surface area contributed by atoms with Crippen LogP contribution in [-0.4, -0.2) is 152 Å². The average Bonchev–Trinajstić information content (AvgIpc) is 3.97. The van der Waals surface area contributed by atoms with Crippen LogP contribution in [0.2, 0.25) is 0 Å². The number of aliphatic hydroxyl groups is 2. The van der Waals surface area contributed by atoms with Crippen LogP contribution in [0.3, 0.4) is 0 Å². The molecule has 0 radical (unpaired) electrons. The largest absolute Gasteiger partial charge is 0.481 e. The van der Waals surface area contributed by atoms with Crippen LogP contribution in [-0.2, 0) is 60.8 Å². The number of hydrogen-bond acceptors (Lipinski definition) is 13. The number of para-hydroxylation sites is 1. The molecule has 1 aliphatic rings. The lowest BCUT2D eigenvalue weighted by molar-refractivity contribution is -0.145. The molecule has 1 saturated heterocycles. The number of aromatic amines is 1. The number of carboxylic acid groups (broad SMARTS) is 1. The number of rotatable bonds is 26. The normalized spacial score (nSPS) is 16.8. The fourth-order valence-electron chi connectivity index (χ4n) is 7.81. The van der Waals surface area contributed by atoms with Crippen molar-refractivity contribution in [2.24, 2.45) is 23.1 Å². The van der Waals surface area contributed by atoms with Crippen molar-refractivity contribution < 1.29 is 63.3 Å². The van der Waals surface area contributed by atoms with E-state index in [1.807, 2.05) is 18.2 Å². The zero-order chi connectivity index (χ0) is 51.8. The average molecular weight is 978 g/mol. The molecule has 9 atom stereocenters. The van der Waals surface area contributed by atoms with Crippen LogP contribution in [0.4, 0.5) is 0 Å². The van der Waals surface area contributed by atoms with Gasteiger partial charge in [-0.05, 0) is 49.3 Å². The predicted octanol–water partition coefficient (Wildman–Crippen LogP) is -3.57. The van der Waals surface area contributed by atoms with Crippen molar-refractivity contribution in [3.8, 4) is 0 Å². The van der Waals surface area contributed by atoms with Crippen LogP contribution in [0, 0.1) is 5.92 Å². The summed E-state index contributed by atoms with van der Waals surface area (Å²) < 4.78 is 0. The van der Waals surface area contributed by atoms with Crippen molar-refractivity contribution in [3.63, 3.8) is 0 Å². The van der Waals surface area contributed by atoms with Crippen LogP contribution in [0.25, 0.3) is 10.9 Å². The van der Waals surface area contributed by atoms with Gasteiger partial charge in [-0.1, -0.05) is 62.4 Å². The number of nitrogens with zero attached hydrogens (tertiary/aromatic N) is 1. The molecule has 0 bridgehead atoms. The number of aliphatic hydroxyl groups excluding tert-OH is 2. The zero-order valence-electron chi connectivity index (χ0n) is 39.0. The fourth-order valence-corrected chi connectivity index (χ4v) is 7.81. The Morgan fingerprint density at radius 3 is 1.94 bits per heavy atom. The van der Waals surface area contributed by atoms with Gasteiger partial charge >= 0.3 is 5.97 Å². The molecule has 70 heavy (non-hydrogen) atoms.